The molecule has 2 aromatic rings. The van der Waals surface area contributed by atoms with Crippen molar-refractivity contribution in [3.05, 3.63) is 59.7 Å². The Hall–Kier alpha value is -2.34. The zero-order chi connectivity index (χ0) is 19.3. The van der Waals surface area contributed by atoms with E-state index in [2.05, 4.69) is 19.2 Å². The Labute approximate surface area is 156 Å². The predicted molar refractivity (Wildman–Crippen MR) is 107 cm³/mol. The summed E-state index contributed by atoms with van der Waals surface area (Å²) in [6.45, 7) is 6.22. The van der Waals surface area contributed by atoms with Crippen molar-refractivity contribution < 1.29 is 13.2 Å². The van der Waals surface area contributed by atoms with E-state index in [0.717, 1.165) is 11.8 Å². The van der Waals surface area contributed by atoms with Crippen molar-refractivity contribution in [2.45, 2.75) is 33.1 Å². The maximum Gasteiger partial charge on any atom is 0.232 e. The van der Waals surface area contributed by atoms with Gasteiger partial charge in [0.05, 0.1) is 11.9 Å². The predicted octanol–water partition coefficient (Wildman–Crippen LogP) is 3.91. The second kappa shape index (κ2) is 8.36. The smallest absolute Gasteiger partial charge is 0.232 e. The second-order valence-corrected chi connectivity index (χ2v) is 8.66. The number of nitrogens with zero attached hydrogens (tertiary/aromatic N) is 1. The first-order chi connectivity index (χ1) is 12.2. The fourth-order valence-electron chi connectivity index (χ4n) is 2.65. The van der Waals surface area contributed by atoms with Crippen LogP contribution < -0.4 is 9.62 Å². The van der Waals surface area contributed by atoms with Crippen LogP contribution in [0.1, 0.15) is 37.3 Å². The Bertz CT molecular complexity index is 859. The van der Waals surface area contributed by atoms with Crippen LogP contribution in [0.4, 0.5) is 11.4 Å². The molecule has 0 saturated carbocycles. The summed E-state index contributed by atoms with van der Waals surface area (Å²) in [5.41, 5.74) is 3.44. The average Bonchev–Trinajstić information content (AvgIpc) is 2.54. The number of aryl methyl sites for hydroxylation is 1. The zero-order valence-electron chi connectivity index (χ0n) is 15.7. The molecule has 0 heterocycles. The van der Waals surface area contributed by atoms with Gasteiger partial charge in [0.25, 0.3) is 0 Å². The highest BCUT2D eigenvalue weighted by Gasteiger charge is 2.18. The van der Waals surface area contributed by atoms with E-state index in [9.17, 15) is 13.2 Å². The van der Waals surface area contributed by atoms with Crippen molar-refractivity contribution in [1.82, 2.24) is 0 Å². The van der Waals surface area contributed by atoms with Crippen LogP contribution in [0, 0.1) is 6.92 Å². The summed E-state index contributed by atoms with van der Waals surface area (Å²) in [5, 5.41) is 2.82. The number of sulfonamides is 1. The van der Waals surface area contributed by atoms with Crippen molar-refractivity contribution in [2.75, 3.05) is 22.4 Å². The van der Waals surface area contributed by atoms with Gasteiger partial charge in [-0.15, -0.1) is 0 Å². The van der Waals surface area contributed by atoms with E-state index < -0.39 is 10.0 Å². The van der Waals surface area contributed by atoms with Crippen LogP contribution in [0.25, 0.3) is 0 Å². The number of rotatable bonds is 7. The van der Waals surface area contributed by atoms with E-state index in [1.807, 2.05) is 37.3 Å². The highest BCUT2D eigenvalue weighted by Crippen LogP contribution is 2.20. The molecule has 0 aliphatic rings. The number of anilines is 2. The van der Waals surface area contributed by atoms with Crippen molar-refractivity contribution in [2.24, 2.45) is 0 Å². The van der Waals surface area contributed by atoms with Crippen molar-refractivity contribution in [3.63, 3.8) is 0 Å². The third-order valence-electron chi connectivity index (χ3n) is 4.09. The van der Waals surface area contributed by atoms with Crippen LogP contribution in [-0.4, -0.2) is 27.1 Å². The van der Waals surface area contributed by atoms with Gasteiger partial charge in [-0.2, -0.15) is 0 Å². The van der Waals surface area contributed by atoms with E-state index >= 15 is 0 Å². The van der Waals surface area contributed by atoms with Crippen LogP contribution in [0.5, 0.6) is 0 Å². The summed E-state index contributed by atoms with van der Waals surface area (Å²) >= 11 is 0. The fourth-order valence-corrected chi connectivity index (χ4v) is 3.57. The molecule has 0 saturated heterocycles. The fraction of sp³-hybridized carbons (Fsp3) is 0.350. The van der Waals surface area contributed by atoms with Gasteiger partial charge in [-0.1, -0.05) is 38.1 Å². The van der Waals surface area contributed by atoms with E-state index in [1.165, 1.54) is 9.87 Å². The number of nitrogens with one attached hydrogen (secondary N) is 1. The van der Waals surface area contributed by atoms with Gasteiger partial charge in [-0.3, -0.25) is 9.10 Å². The molecule has 2 rings (SSSR count). The van der Waals surface area contributed by atoms with Gasteiger partial charge < -0.3 is 5.32 Å². The summed E-state index contributed by atoms with van der Waals surface area (Å²) in [6.07, 6.45) is 1.23. The molecule has 140 valence electrons. The largest absolute Gasteiger partial charge is 0.326 e. The van der Waals surface area contributed by atoms with Gasteiger partial charge in [0.2, 0.25) is 15.9 Å². The lowest BCUT2D eigenvalue weighted by molar-refractivity contribution is -0.116. The Morgan fingerprint density at radius 3 is 2.31 bits per heavy atom. The Morgan fingerprint density at radius 2 is 1.77 bits per heavy atom. The average molecular weight is 375 g/mol. The summed E-state index contributed by atoms with van der Waals surface area (Å²) in [7, 11) is -3.47. The first-order valence-electron chi connectivity index (χ1n) is 8.61. The molecule has 1 N–H and O–H groups in total. The number of hydrogen-bond donors (Lipinski definition) is 1. The quantitative estimate of drug-likeness (QED) is 0.799. The monoisotopic (exact) mass is 374 g/mol. The molecule has 0 radical (unpaired) electrons. The van der Waals surface area contributed by atoms with Crippen LogP contribution in [-0.2, 0) is 14.8 Å². The third kappa shape index (κ3) is 5.59. The Morgan fingerprint density at radius 1 is 1.12 bits per heavy atom. The molecule has 0 unspecified atom stereocenters. The van der Waals surface area contributed by atoms with Gasteiger partial charge >= 0.3 is 0 Å². The molecule has 0 aliphatic heterocycles. The van der Waals surface area contributed by atoms with Crippen molar-refractivity contribution in [1.29, 1.82) is 0 Å². The summed E-state index contributed by atoms with van der Waals surface area (Å²) in [4.78, 5) is 12.2. The highest BCUT2D eigenvalue weighted by atomic mass is 32.2. The van der Waals surface area contributed by atoms with Crippen molar-refractivity contribution >= 4 is 27.3 Å². The van der Waals surface area contributed by atoms with Gasteiger partial charge in [-0.05, 0) is 48.2 Å². The molecule has 0 aromatic heterocycles. The minimum absolute atomic E-state index is 0.0763. The molecule has 6 heteroatoms. The van der Waals surface area contributed by atoms with Crippen molar-refractivity contribution in [3.8, 4) is 0 Å². The minimum atomic E-state index is -3.47. The summed E-state index contributed by atoms with van der Waals surface area (Å²) < 4.78 is 25.5. The molecule has 0 fully saturated rings. The SMILES string of the molecule is Cc1cccc(N(CCC(=O)Nc2ccc(C(C)C)cc2)S(C)(=O)=O)c1. The van der Waals surface area contributed by atoms with Gasteiger partial charge in [-0.25, -0.2) is 8.42 Å². The van der Waals surface area contributed by atoms with Crippen LogP contribution in [0.3, 0.4) is 0 Å². The normalized spacial score (nSPS) is 11.4. The number of benzene rings is 2. The third-order valence-corrected chi connectivity index (χ3v) is 5.29. The lowest BCUT2D eigenvalue weighted by atomic mass is 10.0. The topological polar surface area (TPSA) is 66.5 Å². The van der Waals surface area contributed by atoms with Gasteiger partial charge in [0, 0.05) is 18.7 Å². The maximum atomic E-state index is 12.2. The molecular formula is C20H26N2O3S. The second-order valence-electron chi connectivity index (χ2n) is 6.75. The van der Waals surface area contributed by atoms with Gasteiger partial charge in [0.15, 0.2) is 0 Å². The molecule has 0 atom stereocenters. The molecule has 0 aliphatic carbocycles. The van der Waals surface area contributed by atoms with E-state index in [1.54, 1.807) is 18.2 Å². The first-order valence-corrected chi connectivity index (χ1v) is 10.5. The number of carbonyl (C=O) groups is 1. The summed E-state index contributed by atoms with van der Waals surface area (Å²) in [5.74, 6) is 0.209. The zero-order valence-corrected chi connectivity index (χ0v) is 16.5. The highest BCUT2D eigenvalue weighted by molar-refractivity contribution is 7.92. The molecular weight excluding hydrogens is 348 g/mol. The van der Waals surface area contributed by atoms with Gasteiger partial charge in [0.1, 0.15) is 0 Å². The molecule has 1 amide bonds. The molecule has 0 bridgehead atoms. The molecule has 5 nitrogen and oxygen atoms in total. The lowest BCUT2D eigenvalue weighted by Gasteiger charge is -2.22. The first kappa shape index (κ1) is 20.0. The number of amides is 1. The van der Waals surface area contributed by atoms with E-state index in [0.29, 0.717) is 17.3 Å². The maximum absolute atomic E-state index is 12.2. The molecule has 26 heavy (non-hydrogen) atoms. The Balaban J connectivity index is 2.03. The van der Waals surface area contributed by atoms with E-state index in [4.69, 9.17) is 0 Å². The number of carbonyl (C=O) groups excluding carboxylic acids is 1. The Kier molecular flexibility index (Phi) is 6.42. The lowest BCUT2D eigenvalue weighted by Crippen LogP contribution is -2.33. The molecule has 0 spiro atoms. The van der Waals surface area contributed by atoms with Crippen LogP contribution in [0.15, 0.2) is 48.5 Å². The minimum Gasteiger partial charge on any atom is -0.326 e. The van der Waals surface area contributed by atoms with Crippen LogP contribution >= 0.6 is 0 Å². The molecule has 2 aromatic carbocycles. The number of hydrogen-bond acceptors (Lipinski definition) is 3. The summed E-state index contributed by atoms with van der Waals surface area (Å²) in [6, 6.07) is 14.9. The standard InChI is InChI=1S/C20H26N2O3S/c1-15(2)17-8-10-18(11-9-17)21-20(23)12-13-22(26(4,24)25)19-7-5-6-16(3)14-19/h5-11,14-15H,12-13H2,1-4H3,(H,21,23). The van der Waals surface area contributed by atoms with Crippen LogP contribution in [0.2, 0.25) is 0 Å². The van der Waals surface area contributed by atoms with E-state index in [-0.39, 0.29) is 18.9 Å².